The topological polar surface area (TPSA) is 67.9 Å². The molecule has 106 valence electrons. The maximum absolute atomic E-state index is 5.84. The number of hydrogen-bond acceptors (Lipinski definition) is 5. The predicted molar refractivity (Wildman–Crippen MR) is 82.7 cm³/mol. The smallest absolute Gasteiger partial charge is 0.230 e. The van der Waals surface area contributed by atoms with Crippen LogP contribution in [0.3, 0.4) is 0 Å². The molecule has 0 spiro atoms. The molecule has 0 aliphatic heterocycles. The van der Waals surface area contributed by atoms with Crippen LogP contribution in [0.25, 0.3) is 11.4 Å². The van der Waals surface area contributed by atoms with E-state index in [0.29, 0.717) is 11.8 Å². The number of aryl methyl sites for hydroxylation is 2. The van der Waals surface area contributed by atoms with E-state index in [0.717, 1.165) is 24.2 Å². The average molecular weight is 271 g/mol. The summed E-state index contributed by atoms with van der Waals surface area (Å²) in [6.07, 6.45) is 0. The van der Waals surface area contributed by atoms with E-state index < -0.39 is 0 Å². The van der Waals surface area contributed by atoms with Gasteiger partial charge in [-0.05, 0) is 39.3 Å². The Bertz CT molecular complexity index is 605. The molecule has 5 nitrogen and oxygen atoms in total. The lowest BCUT2D eigenvalue weighted by Crippen LogP contribution is -2.25. The molecule has 5 heteroatoms. The van der Waals surface area contributed by atoms with Gasteiger partial charge in [-0.25, -0.2) is 0 Å². The first kappa shape index (κ1) is 14.2. The van der Waals surface area contributed by atoms with Gasteiger partial charge in [-0.15, -0.1) is 0 Å². The normalized spacial score (nSPS) is 10.6. The highest BCUT2D eigenvalue weighted by molar-refractivity contribution is 5.63. The van der Waals surface area contributed by atoms with E-state index in [1.54, 1.807) is 0 Å². The quantitative estimate of drug-likeness (QED) is 0.925. The van der Waals surface area contributed by atoms with Crippen molar-refractivity contribution in [3.63, 3.8) is 0 Å². The molecule has 20 heavy (non-hydrogen) atoms. The van der Waals surface area contributed by atoms with Gasteiger partial charge in [0.15, 0.2) is 5.82 Å². The molecule has 0 saturated carbocycles. The maximum atomic E-state index is 5.84. The fraction of sp³-hybridized carbons (Fsp3) is 0.400. The van der Waals surface area contributed by atoms with Gasteiger partial charge in [0, 0.05) is 18.7 Å². The van der Waals surface area contributed by atoms with E-state index in [2.05, 4.69) is 58.8 Å². The molecule has 2 aromatic rings. The fourth-order valence-corrected chi connectivity index (χ4v) is 2.13. The summed E-state index contributed by atoms with van der Waals surface area (Å²) in [5.74, 6) is 1.54. The van der Waals surface area contributed by atoms with E-state index in [4.69, 9.17) is 5.73 Å². The molecule has 0 amide bonds. The highest BCUT2D eigenvalue weighted by atomic mass is 15.3. The van der Waals surface area contributed by atoms with Gasteiger partial charge >= 0.3 is 0 Å². The minimum atomic E-state index is 0.262. The second-order valence-electron chi connectivity index (χ2n) is 4.81. The zero-order valence-electron chi connectivity index (χ0n) is 12.5. The van der Waals surface area contributed by atoms with Crippen molar-refractivity contribution in [3.05, 3.63) is 29.3 Å². The third-order valence-electron chi connectivity index (χ3n) is 3.32. The molecule has 2 rings (SSSR count). The molecular weight excluding hydrogens is 250 g/mol. The van der Waals surface area contributed by atoms with Crippen molar-refractivity contribution in [2.45, 2.75) is 27.7 Å². The van der Waals surface area contributed by atoms with Crippen LogP contribution in [-0.4, -0.2) is 28.0 Å². The van der Waals surface area contributed by atoms with Crippen molar-refractivity contribution >= 4 is 11.9 Å². The summed E-state index contributed by atoms with van der Waals surface area (Å²) in [6, 6.07) is 6.23. The molecule has 0 atom stereocenters. The molecule has 0 bridgehead atoms. The second kappa shape index (κ2) is 5.86. The summed E-state index contributed by atoms with van der Waals surface area (Å²) < 4.78 is 0. The lowest BCUT2D eigenvalue weighted by Gasteiger charge is -2.19. The number of nitrogens with two attached hydrogens (primary N) is 1. The van der Waals surface area contributed by atoms with Crippen LogP contribution in [0.15, 0.2) is 18.2 Å². The van der Waals surface area contributed by atoms with Crippen molar-refractivity contribution in [2.24, 2.45) is 0 Å². The molecule has 0 aliphatic carbocycles. The summed E-state index contributed by atoms with van der Waals surface area (Å²) in [4.78, 5) is 15.2. The van der Waals surface area contributed by atoms with Crippen molar-refractivity contribution in [1.82, 2.24) is 15.0 Å². The van der Waals surface area contributed by atoms with Crippen molar-refractivity contribution < 1.29 is 0 Å². The van der Waals surface area contributed by atoms with Crippen molar-refractivity contribution in [3.8, 4) is 11.4 Å². The van der Waals surface area contributed by atoms with Gasteiger partial charge in [-0.2, -0.15) is 15.0 Å². The first-order valence-electron chi connectivity index (χ1n) is 6.89. The van der Waals surface area contributed by atoms with Gasteiger partial charge in [0.1, 0.15) is 0 Å². The van der Waals surface area contributed by atoms with E-state index in [-0.39, 0.29) is 5.95 Å². The Balaban J connectivity index is 2.54. The number of nitrogens with zero attached hydrogens (tertiary/aromatic N) is 4. The average Bonchev–Trinajstić information content (AvgIpc) is 2.42. The third kappa shape index (κ3) is 2.87. The molecule has 1 aromatic carbocycles. The standard InChI is InChI=1S/C15H21N5/c1-5-20(6-2)15-18-13(17-14(16)19-15)12-9-10(3)7-8-11(12)4/h7-9H,5-6H2,1-4H3,(H2,16,17,18,19). The SMILES string of the molecule is CCN(CC)c1nc(N)nc(-c2cc(C)ccc2C)n1. The lowest BCUT2D eigenvalue weighted by atomic mass is 10.1. The molecule has 0 radical (unpaired) electrons. The molecule has 1 heterocycles. The van der Waals surface area contributed by atoms with E-state index >= 15 is 0 Å². The van der Waals surface area contributed by atoms with Crippen molar-refractivity contribution in [2.75, 3.05) is 23.7 Å². The molecule has 0 fully saturated rings. The van der Waals surface area contributed by atoms with Gasteiger partial charge in [-0.1, -0.05) is 17.7 Å². The zero-order valence-corrected chi connectivity index (χ0v) is 12.5. The maximum Gasteiger partial charge on any atom is 0.230 e. The number of hydrogen-bond donors (Lipinski definition) is 1. The van der Waals surface area contributed by atoms with Gasteiger partial charge in [0.25, 0.3) is 0 Å². The predicted octanol–water partition coefficient (Wildman–Crippen LogP) is 2.58. The van der Waals surface area contributed by atoms with Crippen LogP contribution < -0.4 is 10.6 Å². The van der Waals surface area contributed by atoms with Crippen LogP contribution in [0.4, 0.5) is 11.9 Å². The Labute approximate surface area is 119 Å². The number of aromatic nitrogens is 3. The summed E-state index contributed by atoms with van der Waals surface area (Å²) in [6.45, 7) is 9.92. The Hall–Kier alpha value is -2.17. The first-order valence-corrected chi connectivity index (χ1v) is 6.89. The summed E-state index contributed by atoms with van der Waals surface area (Å²) in [7, 11) is 0. The molecular formula is C15H21N5. The fourth-order valence-electron chi connectivity index (χ4n) is 2.13. The van der Waals surface area contributed by atoms with Gasteiger partial charge in [-0.3, -0.25) is 0 Å². The summed E-state index contributed by atoms with van der Waals surface area (Å²) in [5, 5.41) is 0. The molecule has 0 saturated heterocycles. The summed E-state index contributed by atoms with van der Waals surface area (Å²) >= 11 is 0. The van der Waals surface area contributed by atoms with E-state index in [9.17, 15) is 0 Å². The highest BCUT2D eigenvalue weighted by Gasteiger charge is 2.12. The molecule has 0 unspecified atom stereocenters. The Morgan fingerprint density at radius 1 is 1.05 bits per heavy atom. The monoisotopic (exact) mass is 271 g/mol. The minimum absolute atomic E-state index is 0.262. The Morgan fingerprint density at radius 2 is 1.75 bits per heavy atom. The van der Waals surface area contributed by atoms with Crippen LogP contribution in [-0.2, 0) is 0 Å². The van der Waals surface area contributed by atoms with E-state index in [1.165, 1.54) is 5.56 Å². The largest absolute Gasteiger partial charge is 0.368 e. The van der Waals surface area contributed by atoms with Crippen LogP contribution in [0.2, 0.25) is 0 Å². The first-order chi connectivity index (χ1) is 9.55. The number of anilines is 2. The molecule has 0 aliphatic rings. The van der Waals surface area contributed by atoms with Gasteiger partial charge < -0.3 is 10.6 Å². The lowest BCUT2D eigenvalue weighted by molar-refractivity contribution is 0.816. The van der Waals surface area contributed by atoms with Crippen LogP contribution >= 0.6 is 0 Å². The Kier molecular flexibility index (Phi) is 4.17. The van der Waals surface area contributed by atoms with E-state index in [1.807, 2.05) is 6.92 Å². The Morgan fingerprint density at radius 3 is 2.40 bits per heavy atom. The van der Waals surface area contributed by atoms with Gasteiger partial charge in [0.2, 0.25) is 11.9 Å². The minimum Gasteiger partial charge on any atom is -0.368 e. The highest BCUT2D eigenvalue weighted by Crippen LogP contribution is 2.23. The van der Waals surface area contributed by atoms with Gasteiger partial charge in [0.05, 0.1) is 0 Å². The molecule has 2 N–H and O–H groups in total. The number of nitrogen functional groups attached to an aromatic ring is 1. The zero-order chi connectivity index (χ0) is 14.7. The van der Waals surface area contributed by atoms with Crippen LogP contribution in [0.5, 0.6) is 0 Å². The second-order valence-corrected chi connectivity index (χ2v) is 4.81. The number of rotatable bonds is 4. The molecule has 1 aromatic heterocycles. The van der Waals surface area contributed by atoms with Crippen molar-refractivity contribution in [1.29, 1.82) is 0 Å². The third-order valence-corrected chi connectivity index (χ3v) is 3.32. The van der Waals surface area contributed by atoms with Crippen LogP contribution in [0.1, 0.15) is 25.0 Å². The number of benzene rings is 1. The summed E-state index contributed by atoms with van der Waals surface area (Å²) in [5.41, 5.74) is 9.16. The van der Waals surface area contributed by atoms with Crippen LogP contribution in [0, 0.1) is 13.8 Å².